The fraction of sp³-hybridized carbons (Fsp3) is 1.00. The number of halogens is 3. The van der Waals surface area contributed by atoms with Crippen LogP contribution in [0.25, 0.3) is 0 Å². The molecule has 0 bridgehead atoms. The van der Waals surface area contributed by atoms with Gasteiger partial charge in [-0.25, -0.2) is 13.2 Å². The highest BCUT2D eigenvalue weighted by molar-refractivity contribution is 4.96. The van der Waals surface area contributed by atoms with Crippen LogP contribution < -0.4 is 0 Å². The third kappa shape index (κ3) is 6.87. The highest BCUT2D eigenvalue weighted by Gasteiger charge is 2.47. The molecule has 0 radical (unpaired) electrons. The SMILES string of the molecule is CCCCCCOC1CCC(C2CCC(C3CCC(CCC)CC3)C(F)C2)C(F)C1F. The molecule has 0 aliphatic heterocycles. The van der Waals surface area contributed by atoms with Gasteiger partial charge in [0.2, 0.25) is 0 Å². The van der Waals surface area contributed by atoms with Crippen molar-refractivity contribution in [1.82, 2.24) is 0 Å². The lowest BCUT2D eigenvalue weighted by Crippen LogP contribution is -2.47. The third-order valence-electron chi connectivity index (χ3n) is 8.85. The summed E-state index contributed by atoms with van der Waals surface area (Å²) in [5, 5.41) is 0. The van der Waals surface area contributed by atoms with Gasteiger partial charge >= 0.3 is 0 Å². The van der Waals surface area contributed by atoms with E-state index in [1.807, 2.05) is 0 Å². The molecule has 3 rings (SSSR count). The highest BCUT2D eigenvalue weighted by atomic mass is 19.2. The second-order valence-corrected chi connectivity index (χ2v) is 10.9. The minimum Gasteiger partial charge on any atom is -0.375 e. The van der Waals surface area contributed by atoms with Gasteiger partial charge in [-0.05, 0) is 81.0 Å². The fourth-order valence-electron chi connectivity index (χ4n) is 6.95. The predicted molar refractivity (Wildman–Crippen MR) is 122 cm³/mol. The lowest BCUT2D eigenvalue weighted by molar-refractivity contribution is -0.0927. The molecule has 0 spiro atoms. The number of hydrogen-bond donors (Lipinski definition) is 0. The van der Waals surface area contributed by atoms with Crippen molar-refractivity contribution >= 4 is 0 Å². The standard InChI is InChI=1S/C27H47F3O/c1-3-5-6-7-17-31-25-16-15-23(26(29)27(25)30)21-13-14-22(24(28)18-21)20-11-9-19(8-4-2)10-12-20/h19-27H,3-18H2,1-2H3. The number of alkyl halides is 3. The van der Waals surface area contributed by atoms with E-state index in [1.54, 1.807) is 0 Å². The Balaban J connectivity index is 1.43. The lowest BCUT2D eigenvalue weighted by Gasteiger charge is -2.44. The first kappa shape index (κ1) is 25.4. The highest BCUT2D eigenvalue weighted by Crippen LogP contribution is 2.48. The summed E-state index contributed by atoms with van der Waals surface area (Å²) in [5.41, 5.74) is 0. The largest absolute Gasteiger partial charge is 0.375 e. The van der Waals surface area contributed by atoms with Crippen LogP contribution in [-0.2, 0) is 4.74 Å². The van der Waals surface area contributed by atoms with Gasteiger partial charge < -0.3 is 4.74 Å². The van der Waals surface area contributed by atoms with Crippen molar-refractivity contribution in [2.45, 2.75) is 135 Å². The van der Waals surface area contributed by atoms with E-state index >= 15 is 8.78 Å². The Morgan fingerprint density at radius 3 is 2.06 bits per heavy atom. The van der Waals surface area contributed by atoms with Gasteiger partial charge in [0.1, 0.15) is 12.3 Å². The van der Waals surface area contributed by atoms with Gasteiger partial charge in [-0.2, -0.15) is 0 Å². The summed E-state index contributed by atoms with van der Waals surface area (Å²) >= 11 is 0. The summed E-state index contributed by atoms with van der Waals surface area (Å²) in [6, 6.07) is 0. The summed E-state index contributed by atoms with van der Waals surface area (Å²) in [5.74, 6) is 1.18. The molecule has 3 aliphatic rings. The van der Waals surface area contributed by atoms with Gasteiger partial charge in [0.25, 0.3) is 0 Å². The maximum atomic E-state index is 15.2. The number of hydrogen-bond acceptors (Lipinski definition) is 1. The zero-order valence-electron chi connectivity index (χ0n) is 20.1. The van der Waals surface area contributed by atoms with Crippen LogP contribution in [0.5, 0.6) is 0 Å². The van der Waals surface area contributed by atoms with Crippen molar-refractivity contribution < 1.29 is 17.9 Å². The topological polar surface area (TPSA) is 9.23 Å². The molecule has 4 heteroatoms. The first-order valence-electron chi connectivity index (χ1n) is 13.6. The Labute approximate surface area is 189 Å². The van der Waals surface area contributed by atoms with E-state index in [0.717, 1.165) is 44.4 Å². The van der Waals surface area contributed by atoms with E-state index in [2.05, 4.69) is 13.8 Å². The van der Waals surface area contributed by atoms with E-state index in [4.69, 9.17) is 4.74 Å². The summed E-state index contributed by atoms with van der Waals surface area (Å²) in [7, 11) is 0. The van der Waals surface area contributed by atoms with E-state index in [0.29, 0.717) is 31.8 Å². The molecule has 7 atom stereocenters. The monoisotopic (exact) mass is 444 g/mol. The van der Waals surface area contributed by atoms with Crippen LogP contribution in [0.15, 0.2) is 0 Å². The zero-order chi connectivity index (χ0) is 22.2. The van der Waals surface area contributed by atoms with E-state index < -0.39 is 24.6 Å². The average molecular weight is 445 g/mol. The molecular weight excluding hydrogens is 397 g/mol. The second kappa shape index (κ2) is 12.8. The number of unbranched alkanes of at least 4 members (excludes halogenated alkanes) is 3. The molecule has 3 saturated carbocycles. The van der Waals surface area contributed by atoms with Gasteiger partial charge in [-0.3, -0.25) is 0 Å². The van der Waals surface area contributed by atoms with Crippen molar-refractivity contribution in [1.29, 1.82) is 0 Å². The van der Waals surface area contributed by atoms with Crippen molar-refractivity contribution in [2.75, 3.05) is 6.61 Å². The van der Waals surface area contributed by atoms with Crippen LogP contribution in [0, 0.1) is 29.6 Å². The quantitative estimate of drug-likeness (QED) is 0.307. The summed E-state index contributed by atoms with van der Waals surface area (Å²) in [6.45, 7) is 4.93. The van der Waals surface area contributed by atoms with Gasteiger partial charge in [0.05, 0.1) is 6.10 Å². The van der Waals surface area contributed by atoms with Crippen LogP contribution in [0.3, 0.4) is 0 Å². The molecule has 0 heterocycles. The number of ether oxygens (including phenoxy) is 1. The summed E-state index contributed by atoms with van der Waals surface area (Å²) < 4.78 is 50.7. The molecule has 7 unspecified atom stereocenters. The molecular formula is C27H47F3O. The molecule has 182 valence electrons. The minimum absolute atomic E-state index is 0.00133. The van der Waals surface area contributed by atoms with Crippen molar-refractivity contribution in [3.63, 3.8) is 0 Å². The predicted octanol–water partition coefficient (Wildman–Crippen LogP) is 8.40. The first-order valence-corrected chi connectivity index (χ1v) is 13.6. The van der Waals surface area contributed by atoms with Crippen LogP contribution in [0.4, 0.5) is 13.2 Å². The first-order chi connectivity index (χ1) is 15.0. The van der Waals surface area contributed by atoms with Crippen molar-refractivity contribution in [3.05, 3.63) is 0 Å². The number of rotatable bonds is 10. The van der Waals surface area contributed by atoms with E-state index in [1.165, 1.54) is 38.5 Å². The summed E-state index contributed by atoms with van der Waals surface area (Å²) in [4.78, 5) is 0. The van der Waals surface area contributed by atoms with Crippen molar-refractivity contribution in [3.8, 4) is 0 Å². The molecule has 31 heavy (non-hydrogen) atoms. The minimum atomic E-state index is -1.55. The Hall–Kier alpha value is -0.250. The smallest absolute Gasteiger partial charge is 0.157 e. The van der Waals surface area contributed by atoms with E-state index in [9.17, 15) is 4.39 Å². The molecule has 0 amide bonds. The Kier molecular flexibility index (Phi) is 10.5. The summed E-state index contributed by atoms with van der Waals surface area (Å²) in [6.07, 6.45) is 10.7. The molecule has 1 nitrogen and oxygen atoms in total. The molecule has 0 aromatic carbocycles. The van der Waals surface area contributed by atoms with Gasteiger partial charge in [0.15, 0.2) is 6.17 Å². The Bertz CT molecular complexity index is 493. The van der Waals surface area contributed by atoms with Crippen LogP contribution in [0.1, 0.15) is 110 Å². The van der Waals surface area contributed by atoms with Crippen LogP contribution in [0.2, 0.25) is 0 Å². The van der Waals surface area contributed by atoms with Gasteiger partial charge in [0, 0.05) is 6.61 Å². The molecule has 3 fully saturated rings. The zero-order valence-corrected chi connectivity index (χ0v) is 20.1. The van der Waals surface area contributed by atoms with Gasteiger partial charge in [-0.1, -0.05) is 58.8 Å². The third-order valence-corrected chi connectivity index (χ3v) is 8.85. The lowest BCUT2D eigenvalue weighted by atomic mass is 9.64. The molecule has 0 aromatic heterocycles. The van der Waals surface area contributed by atoms with Crippen LogP contribution >= 0.6 is 0 Å². The average Bonchev–Trinajstić information content (AvgIpc) is 2.77. The maximum Gasteiger partial charge on any atom is 0.157 e. The van der Waals surface area contributed by atoms with Crippen LogP contribution in [-0.4, -0.2) is 31.2 Å². The van der Waals surface area contributed by atoms with E-state index in [-0.39, 0.29) is 17.8 Å². The molecule has 0 saturated heterocycles. The Morgan fingerprint density at radius 2 is 1.39 bits per heavy atom. The molecule has 3 aliphatic carbocycles. The van der Waals surface area contributed by atoms with Gasteiger partial charge in [-0.15, -0.1) is 0 Å². The maximum absolute atomic E-state index is 15.2. The molecule has 0 N–H and O–H groups in total. The molecule has 0 aromatic rings. The fourth-order valence-corrected chi connectivity index (χ4v) is 6.95. The second-order valence-electron chi connectivity index (χ2n) is 10.9. The van der Waals surface area contributed by atoms with Crippen molar-refractivity contribution in [2.24, 2.45) is 29.6 Å². The normalized spacial score (nSPS) is 41.9. The Morgan fingerprint density at radius 1 is 0.677 bits per heavy atom.